The monoisotopic (exact) mass is 164 g/mol. The molecule has 1 aromatic rings. The zero-order valence-electron chi connectivity index (χ0n) is 9.15. The van der Waals surface area contributed by atoms with Crippen LogP contribution in [0.25, 0.3) is 0 Å². The third kappa shape index (κ3) is 2.37. The molecular weight excluding hydrogens is 144 g/mol. The summed E-state index contributed by atoms with van der Waals surface area (Å²) in [5.41, 5.74) is 5.64. The molecule has 0 aliphatic carbocycles. The van der Waals surface area contributed by atoms with E-state index in [0.717, 1.165) is 0 Å². The van der Waals surface area contributed by atoms with Gasteiger partial charge in [0.05, 0.1) is 0 Å². The van der Waals surface area contributed by atoms with Crippen molar-refractivity contribution in [2.45, 2.75) is 41.5 Å². The number of aryl methyl sites for hydroxylation is 2. The van der Waals surface area contributed by atoms with Crippen LogP contribution in [0.4, 0.5) is 0 Å². The van der Waals surface area contributed by atoms with E-state index in [1.165, 1.54) is 22.3 Å². The Hall–Kier alpha value is -0.780. The smallest absolute Gasteiger partial charge is 0.0392 e. The quantitative estimate of drug-likeness (QED) is 0.544. The van der Waals surface area contributed by atoms with Gasteiger partial charge in [0, 0.05) is 0 Å². The highest BCUT2D eigenvalue weighted by molar-refractivity contribution is 5.37. The van der Waals surface area contributed by atoms with Crippen LogP contribution in [0, 0.1) is 27.7 Å². The lowest BCUT2D eigenvalue weighted by Gasteiger charge is -2.06. The van der Waals surface area contributed by atoms with Crippen LogP contribution in [0.3, 0.4) is 0 Å². The lowest BCUT2D eigenvalue weighted by Crippen LogP contribution is -1.88. The van der Waals surface area contributed by atoms with E-state index in [-0.39, 0.29) is 0 Å². The molecule has 0 N–H and O–H groups in total. The Morgan fingerprint density at radius 2 is 0.917 bits per heavy atom. The van der Waals surface area contributed by atoms with Gasteiger partial charge in [0.15, 0.2) is 0 Å². The maximum atomic E-state index is 2.18. The van der Waals surface area contributed by atoms with E-state index in [4.69, 9.17) is 0 Å². The van der Waals surface area contributed by atoms with Crippen molar-refractivity contribution in [1.82, 2.24) is 0 Å². The molecule has 0 saturated carbocycles. The van der Waals surface area contributed by atoms with Gasteiger partial charge in [0.2, 0.25) is 0 Å². The molecule has 1 aromatic carbocycles. The van der Waals surface area contributed by atoms with Gasteiger partial charge in [0.1, 0.15) is 0 Å². The van der Waals surface area contributed by atoms with Gasteiger partial charge in [-0.15, -0.1) is 0 Å². The highest BCUT2D eigenvalue weighted by atomic mass is 14.0. The molecule has 12 heavy (non-hydrogen) atoms. The second-order valence-corrected chi connectivity index (χ2v) is 2.95. The first kappa shape index (κ1) is 11.2. The Morgan fingerprint density at radius 3 is 1.17 bits per heavy atom. The number of hydrogen-bond acceptors (Lipinski definition) is 0. The molecule has 0 unspecified atom stereocenters. The van der Waals surface area contributed by atoms with Gasteiger partial charge in [-0.1, -0.05) is 26.0 Å². The summed E-state index contributed by atoms with van der Waals surface area (Å²) in [4.78, 5) is 0. The van der Waals surface area contributed by atoms with Gasteiger partial charge in [-0.05, 0) is 49.9 Å². The molecule has 0 radical (unpaired) electrons. The van der Waals surface area contributed by atoms with Crippen molar-refractivity contribution in [2.75, 3.05) is 0 Å². The normalized spacial score (nSPS) is 8.83. The number of hydrogen-bond donors (Lipinski definition) is 0. The molecule has 0 nitrogen and oxygen atoms in total. The fraction of sp³-hybridized carbons (Fsp3) is 0.500. The van der Waals surface area contributed by atoms with Crippen LogP contribution in [0.5, 0.6) is 0 Å². The molecule has 1 rings (SSSR count). The first-order chi connectivity index (χ1) is 5.63. The van der Waals surface area contributed by atoms with Crippen LogP contribution < -0.4 is 0 Å². The minimum absolute atomic E-state index is 1.39. The minimum Gasteiger partial charge on any atom is -0.0683 e. The Labute approximate surface area is 76.6 Å². The molecular formula is C12H20. The maximum absolute atomic E-state index is 2.18. The van der Waals surface area contributed by atoms with E-state index in [1.54, 1.807) is 0 Å². The van der Waals surface area contributed by atoms with Gasteiger partial charge in [0.25, 0.3) is 0 Å². The summed E-state index contributed by atoms with van der Waals surface area (Å²) in [6.45, 7) is 12.7. The van der Waals surface area contributed by atoms with Crippen molar-refractivity contribution in [3.8, 4) is 0 Å². The third-order valence-electron chi connectivity index (χ3n) is 2.33. The molecule has 0 heterocycles. The van der Waals surface area contributed by atoms with E-state index in [0.29, 0.717) is 0 Å². The fourth-order valence-corrected chi connectivity index (χ4v) is 1.09. The zero-order chi connectivity index (χ0) is 9.72. The van der Waals surface area contributed by atoms with Crippen LogP contribution in [0.1, 0.15) is 36.1 Å². The second kappa shape index (κ2) is 4.97. The van der Waals surface area contributed by atoms with E-state index in [9.17, 15) is 0 Å². The van der Waals surface area contributed by atoms with Gasteiger partial charge >= 0.3 is 0 Å². The van der Waals surface area contributed by atoms with Crippen molar-refractivity contribution < 1.29 is 0 Å². The summed E-state index contributed by atoms with van der Waals surface area (Å²) in [6, 6.07) is 4.36. The number of benzene rings is 1. The lowest BCUT2D eigenvalue weighted by atomic mass is 10.0. The first-order valence-electron chi connectivity index (χ1n) is 4.66. The summed E-state index contributed by atoms with van der Waals surface area (Å²) < 4.78 is 0. The average Bonchev–Trinajstić information content (AvgIpc) is 2.12. The van der Waals surface area contributed by atoms with E-state index in [2.05, 4.69) is 39.8 Å². The zero-order valence-corrected chi connectivity index (χ0v) is 9.15. The number of rotatable bonds is 0. The molecule has 0 amide bonds. The van der Waals surface area contributed by atoms with Crippen LogP contribution in [0.15, 0.2) is 12.1 Å². The van der Waals surface area contributed by atoms with Crippen molar-refractivity contribution in [2.24, 2.45) is 0 Å². The standard InChI is InChI=1S/C10H14.C2H6/c1-7-5-6-8(2)10(4)9(7)3;1-2/h5-6H,1-4H3;1-2H3. The molecule has 0 spiro atoms. The third-order valence-corrected chi connectivity index (χ3v) is 2.33. The molecule has 0 fully saturated rings. The summed E-state index contributed by atoms with van der Waals surface area (Å²) in [5, 5.41) is 0. The average molecular weight is 164 g/mol. The van der Waals surface area contributed by atoms with Crippen LogP contribution in [-0.2, 0) is 0 Å². The maximum Gasteiger partial charge on any atom is -0.0392 e. The lowest BCUT2D eigenvalue weighted by molar-refractivity contribution is 1.22. The van der Waals surface area contributed by atoms with E-state index >= 15 is 0 Å². The van der Waals surface area contributed by atoms with Crippen LogP contribution in [-0.4, -0.2) is 0 Å². The highest BCUT2D eigenvalue weighted by Crippen LogP contribution is 2.15. The van der Waals surface area contributed by atoms with Crippen molar-refractivity contribution in [3.63, 3.8) is 0 Å². The van der Waals surface area contributed by atoms with Crippen LogP contribution in [0.2, 0.25) is 0 Å². The molecule has 0 bridgehead atoms. The minimum atomic E-state index is 1.39. The molecule has 0 aliphatic rings. The van der Waals surface area contributed by atoms with Crippen molar-refractivity contribution in [1.29, 1.82) is 0 Å². The molecule has 0 aromatic heterocycles. The predicted molar refractivity (Wildman–Crippen MR) is 56.7 cm³/mol. The van der Waals surface area contributed by atoms with E-state index < -0.39 is 0 Å². The molecule has 0 saturated heterocycles. The fourth-order valence-electron chi connectivity index (χ4n) is 1.09. The SMILES string of the molecule is CC.Cc1ccc(C)c(C)c1C. The molecule has 0 atom stereocenters. The van der Waals surface area contributed by atoms with Gasteiger partial charge in [-0.25, -0.2) is 0 Å². The van der Waals surface area contributed by atoms with Crippen LogP contribution >= 0.6 is 0 Å². The Morgan fingerprint density at radius 1 is 0.667 bits per heavy atom. The highest BCUT2D eigenvalue weighted by Gasteiger charge is 1.97. The first-order valence-corrected chi connectivity index (χ1v) is 4.66. The Bertz CT molecular complexity index is 219. The topological polar surface area (TPSA) is 0 Å². The van der Waals surface area contributed by atoms with E-state index in [1.807, 2.05) is 13.8 Å². The van der Waals surface area contributed by atoms with Gasteiger partial charge in [-0.2, -0.15) is 0 Å². The van der Waals surface area contributed by atoms with Gasteiger partial charge < -0.3 is 0 Å². The van der Waals surface area contributed by atoms with Crippen molar-refractivity contribution in [3.05, 3.63) is 34.4 Å². The molecule has 0 heteroatoms. The summed E-state index contributed by atoms with van der Waals surface area (Å²) in [5.74, 6) is 0. The Kier molecular flexibility index (Phi) is 4.65. The molecule has 0 aliphatic heterocycles. The van der Waals surface area contributed by atoms with Gasteiger partial charge in [-0.3, -0.25) is 0 Å². The summed E-state index contributed by atoms with van der Waals surface area (Å²) >= 11 is 0. The largest absolute Gasteiger partial charge is 0.0683 e. The second-order valence-electron chi connectivity index (χ2n) is 2.95. The molecule has 68 valence electrons. The summed E-state index contributed by atoms with van der Waals surface area (Å²) in [7, 11) is 0. The summed E-state index contributed by atoms with van der Waals surface area (Å²) in [6.07, 6.45) is 0. The Balaban J connectivity index is 0.000000561. The predicted octanol–water partition coefficient (Wildman–Crippen LogP) is 3.95. The van der Waals surface area contributed by atoms with Crippen molar-refractivity contribution >= 4 is 0 Å².